The number of methoxy groups -OCH3 is 1. The maximum Gasteiger partial charge on any atom is 0.216 e. The Morgan fingerprint density at radius 1 is 1.42 bits per heavy atom. The molecule has 1 saturated heterocycles. The van der Waals surface area contributed by atoms with Crippen LogP contribution in [0, 0.1) is 0 Å². The van der Waals surface area contributed by atoms with Crippen LogP contribution in [0.5, 0.6) is 0 Å². The van der Waals surface area contributed by atoms with E-state index in [9.17, 15) is 8.42 Å². The van der Waals surface area contributed by atoms with E-state index in [0.717, 1.165) is 6.42 Å². The Kier molecular flexibility index (Phi) is 6.68. The molecular formula is C12H26N2O4S. The quantitative estimate of drug-likeness (QED) is 0.724. The highest BCUT2D eigenvalue weighted by Crippen LogP contribution is 2.22. The number of nitrogens with two attached hydrogens (primary N) is 1. The fraction of sp³-hybridized carbons (Fsp3) is 1.00. The van der Waals surface area contributed by atoms with E-state index in [-0.39, 0.29) is 30.6 Å². The third-order valence-corrected chi connectivity index (χ3v) is 5.25. The molecule has 1 heterocycles. The summed E-state index contributed by atoms with van der Waals surface area (Å²) in [7, 11) is -1.65. The van der Waals surface area contributed by atoms with E-state index in [0.29, 0.717) is 19.5 Å². The molecule has 0 aromatic carbocycles. The number of piperidine rings is 1. The van der Waals surface area contributed by atoms with Crippen molar-refractivity contribution in [2.45, 2.75) is 44.9 Å². The predicted octanol–water partition coefficient (Wildman–Crippen LogP) is 0.179. The van der Waals surface area contributed by atoms with E-state index >= 15 is 0 Å². The Bertz CT molecular complexity index is 359. The van der Waals surface area contributed by atoms with E-state index in [1.54, 1.807) is 7.11 Å². The Labute approximate surface area is 116 Å². The molecule has 0 spiro atoms. The Morgan fingerprint density at radius 3 is 2.63 bits per heavy atom. The second kappa shape index (κ2) is 7.54. The van der Waals surface area contributed by atoms with Gasteiger partial charge in [0.1, 0.15) is 0 Å². The third kappa shape index (κ3) is 5.00. The molecule has 2 unspecified atom stereocenters. The smallest absolute Gasteiger partial charge is 0.216 e. The van der Waals surface area contributed by atoms with E-state index < -0.39 is 10.0 Å². The highest BCUT2D eigenvalue weighted by molar-refractivity contribution is 7.89. The molecule has 0 amide bonds. The maximum atomic E-state index is 12.3. The van der Waals surface area contributed by atoms with Crippen molar-refractivity contribution in [2.24, 2.45) is 5.73 Å². The summed E-state index contributed by atoms with van der Waals surface area (Å²) in [6.45, 7) is 4.80. The SMILES string of the molecule is COC1CCN(S(=O)(=O)CCOC(C)C)C(CN)C1. The summed E-state index contributed by atoms with van der Waals surface area (Å²) in [5.74, 6) is 0.0132. The molecular weight excluding hydrogens is 268 g/mol. The zero-order valence-corrected chi connectivity index (χ0v) is 12.9. The van der Waals surface area contributed by atoms with Gasteiger partial charge in [-0.15, -0.1) is 0 Å². The molecule has 0 aromatic rings. The topological polar surface area (TPSA) is 81.9 Å². The van der Waals surface area contributed by atoms with Gasteiger partial charge in [-0.05, 0) is 26.7 Å². The molecule has 0 bridgehead atoms. The van der Waals surface area contributed by atoms with Gasteiger partial charge in [-0.3, -0.25) is 0 Å². The van der Waals surface area contributed by atoms with Crippen molar-refractivity contribution < 1.29 is 17.9 Å². The van der Waals surface area contributed by atoms with Gasteiger partial charge in [0, 0.05) is 26.2 Å². The number of hydrogen-bond donors (Lipinski definition) is 1. The van der Waals surface area contributed by atoms with Crippen molar-refractivity contribution in [1.82, 2.24) is 4.31 Å². The van der Waals surface area contributed by atoms with Crippen LogP contribution in [0.15, 0.2) is 0 Å². The van der Waals surface area contributed by atoms with Crippen molar-refractivity contribution in [2.75, 3.05) is 32.6 Å². The van der Waals surface area contributed by atoms with Gasteiger partial charge in [0.2, 0.25) is 10.0 Å². The van der Waals surface area contributed by atoms with E-state index in [4.69, 9.17) is 15.2 Å². The highest BCUT2D eigenvalue weighted by atomic mass is 32.2. The summed E-state index contributed by atoms with van der Waals surface area (Å²) in [4.78, 5) is 0. The van der Waals surface area contributed by atoms with Gasteiger partial charge in [-0.2, -0.15) is 4.31 Å². The summed E-state index contributed by atoms with van der Waals surface area (Å²) in [6, 6.07) is -0.164. The lowest BCUT2D eigenvalue weighted by Crippen LogP contribution is -2.52. The van der Waals surface area contributed by atoms with Crippen LogP contribution in [0.1, 0.15) is 26.7 Å². The number of ether oxygens (including phenoxy) is 2. The summed E-state index contributed by atoms with van der Waals surface area (Å²) >= 11 is 0. The van der Waals surface area contributed by atoms with Crippen molar-refractivity contribution in [1.29, 1.82) is 0 Å². The van der Waals surface area contributed by atoms with Crippen molar-refractivity contribution in [3.8, 4) is 0 Å². The Hall–Kier alpha value is -0.210. The summed E-state index contributed by atoms with van der Waals surface area (Å²) < 4.78 is 36.7. The van der Waals surface area contributed by atoms with E-state index in [2.05, 4.69) is 0 Å². The van der Waals surface area contributed by atoms with Crippen molar-refractivity contribution in [3.05, 3.63) is 0 Å². The minimum Gasteiger partial charge on any atom is -0.381 e. The average molecular weight is 294 g/mol. The lowest BCUT2D eigenvalue weighted by molar-refractivity contribution is 0.0396. The number of nitrogens with zero attached hydrogens (tertiary/aromatic N) is 1. The van der Waals surface area contributed by atoms with Crippen molar-refractivity contribution in [3.63, 3.8) is 0 Å². The van der Waals surface area contributed by atoms with Crippen LogP contribution in [-0.2, 0) is 19.5 Å². The molecule has 0 aliphatic carbocycles. The summed E-state index contributed by atoms with van der Waals surface area (Å²) in [5.41, 5.74) is 5.69. The van der Waals surface area contributed by atoms with Crippen LogP contribution in [0.2, 0.25) is 0 Å². The summed E-state index contributed by atoms with van der Waals surface area (Å²) in [6.07, 6.45) is 1.53. The number of sulfonamides is 1. The fourth-order valence-corrected chi connectivity index (χ4v) is 3.84. The molecule has 0 radical (unpaired) electrons. The Morgan fingerprint density at radius 2 is 2.11 bits per heavy atom. The fourth-order valence-electron chi connectivity index (χ4n) is 2.29. The number of hydrogen-bond acceptors (Lipinski definition) is 5. The second-order valence-electron chi connectivity index (χ2n) is 5.12. The molecule has 2 atom stereocenters. The van der Waals surface area contributed by atoms with Gasteiger partial charge < -0.3 is 15.2 Å². The van der Waals surface area contributed by atoms with Crippen LogP contribution < -0.4 is 5.73 Å². The van der Waals surface area contributed by atoms with Crippen LogP contribution in [0.3, 0.4) is 0 Å². The Balaban J connectivity index is 2.60. The number of rotatable bonds is 7. The third-order valence-electron chi connectivity index (χ3n) is 3.37. The zero-order chi connectivity index (χ0) is 14.5. The van der Waals surface area contributed by atoms with Crippen LogP contribution in [0.4, 0.5) is 0 Å². The standard InChI is InChI=1S/C12H26N2O4S/c1-10(2)18-6-7-19(15,16)14-5-4-12(17-3)8-11(14)9-13/h10-12H,4-9,13H2,1-3H3. The van der Waals surface area contributed by atoms with Crippen LogP contribution in [0.25, 0.3) is 0 Å². The molecule has 1 aliphatic rings. The lowest BCUT2D eigenvalue weighted by atomic mass is 10.0. The molecule has 0 saturated carbocycles. The molecule has 7 heteroatoms. The average Bonchev–Trinajstić information content (AvgIpc) is 2.37. The molecule has 6 nitrogen and oxygen atoms in total. The monoisotopic (exact) mass is 294 g/mol. The summed E-state index contributed by atoms with van der Waals surface area (Å²) in [5, 5.41) is 0. The molecule has 0 aromatic heterocycles. The first-order chi connectivity index (χ1) is 8.90. The molecule has 1 fully saturated rings. The van der Waals surface area contributed by atoms with E-state index in [1.807, 2.05) is 13.8 Å². The minimum absolute atomic E-state index is 0.0132. The van der Waals surface area contributed by atoms with Crippen molar-refractivity contribution >= 4 is 10.0 Å². The van der Waals surface area contributed by atoms with E-state index in [1.165, 1.54) is 4.31 Å². The lowest BCUT2D eigenvalue weighted by Gasteiger charge is -2.37. The molecule has 19 heavy (non-hydrogen) atoms. The highest BCUT2D eigenvalue weighted by Gasteiger charge is 2.34. The van der Waals surface area contributed by atoms with Gasteiger partial charge >= 0.3 is 0 Å². The van der Waals surface area contributed by atoms with Gasteiger partial charge in [-0.1, -0.05) is 0 Å². The largest absolute Gasteiger partial charge is 0.381 e. The first-order valence-electron chi connectivity index (χ1n) is 6.74. The van der Waals surface area contributed by atoms with Gasteiger partial charge in [0.25, 0.3) is 0 Å². The maximum absolute atomic E-state index is 12.3. The first-order valence-corrected chi connectivity index (χ1v) is 8.35. The molecule has 114 valence electrons. The predicted molar refractivity (Wildman–Crippen MR) is 74.5 cm³/mol. The zero-order valence-electron chi connectivity index (χ0n) is 12.0. The molecule has 2 N–H and O–H groups in total. The molecule has 1 aliphatic heterocycles. The van der Waals surface area contributed by atoms with Gasteiger partial charge in [-0.25, -0.2) is 8.42 Å². The van der Waals surface area contributed by atoms with Gasteiger partial charge in [0.05, 0.1) is 24.6 Å². The van der Waals surface area contributed by atoms with Crippen LogP contribution >= 0.6 is 0 Å². The second-order valence-corrected chi connectivity index (χ2v) is 7.16. The normalized spacial score (nSPS) is 25.9. The minimum atomic E-state index is -3.30. The van der Waals surface area contributed by atoms with Gasteiger partial charge in [0.15, 0.2) is 0 Å². The molecule has 1 rings (SSSR count). The first kappa shape index (κ1) is 16.8. The van der Waals surface area contributed by atoms with Crippen LogP contribution in [-0.4, -0.2) is 63.5 Å².